The Hall–Kier alpha value is -6.38. The summed E-state index contributed by atoms with van der Waals surface area (Å²) in [6, 6.07) is 19.1. The van der Waals surface area contributed by atoms with Crippen molar-refractivity contribution in [2.75, 3.05) is 27.4 Å². The van der Waals surface area contributed by atoms with E-state index in [1.54, 1.807) is 0 Å². The van der Waals surface area contributed by atoms with Gasteiger partial charge >= 0.3 is 12.2 Å². The van der Waals surface area contributed by atoms with E-state index < -0.39 is 29.8 Å². The van der Waals surface area contributed by atoms with Crippen molar-refractivity contribution in [1.82, 2.24) is 40.8 Å². The van der Waals surface area contributed by atoms with Crippen molar-refractivity contribution in [2.24, 2.45) is 11.8 Å². The van der Waals surface area contributed by atoms with Crippen molar-refractivity contribution in [3.8, 4) is 39.3 Å². The summed E-state index contributed by atoms with van der Waals surface area (Å²) in [6.07, 6.45) is 4.38. The van der Waals surface area contributed by atoms with Crippen LogP contribution >= 0.6 is 0 Å². The summed E-state index contributed by atoms with van der Waals surface area (Å²) in [5.41, 5.74) is 7.85. The van der Waals surface area contributed by atoms with Crippen LogP contribution in [0.15, 0.2) is 60.7 Å². The molecule has 2 aromatic heterocycles. The predicted molar refractivity (Wildman–Crippen MR) is 234 cm³/mol. The zero-order chi connectivity index (χ0) is 43.7. The van der Waals surface area contributed by atoms with Crippen LogP contribution in [0.1, 0.15) is 89.6 Å². The smallest absolute Gasteiger partial charge is 0.407 e. The van der Waals surface area contributed by atoms with Gasteiger partial charge in [0.2, 0.25) is 11.8 Å². The SMILES string of the molecule is COC(=O)N[C@H](C(=O)NC1(c2nc3ccc(-c4ccc(-c5ccc6c(c5)OCCc5[nH]c([C@@H]7CCCN7C(=O)[C@@H](NC(=O)OC)C(C)C)nc5-6)cc4)cc3[nH]2)CCCC1)C(C)C. The highest BCUT2D eigenvalue weighted by molar-refractivity contribution is 5.88. The fraction of sp³-hybridized carbons (Fsp3) is 0.447. The lowest BCUT2D eigenvalue weighted by atomic mass is 9.94. The first-order valence-corrected chi connectivity index (χ1v) is 21.7. The van der Waals surface area contributed by atoms with Crippen LogP contribution in [0.2, 0.25) is 0 Å². The van der Waals surface area contributed by atoms with E-state index in [9.17, 15) is 19.2 Å². The molecule has 8 rings (SSSR count). The lowest BCUT2D eigenvalue weighted by Gasteiger charge is -2.31. The number of likely N-dealkylation sites (tertiary alicyclic amines) is 1. The first-order chi connectivity index (χ1) is 29.9. The molecule has 3 atom stereocenters. The van der Waals surface area contributed by atoms with Crippen LogP contribution in [-0.4, -0.2) is 88.3 Å². The fourth-order valence-electron chi connectivity index (χ4n) is 9.17. The highest BCUT2D eigenvalue weighted by Crippen LogP contribution is 2.41. The van der Waals surface area contributed by atoms with E-state index in [1.165, 1.54) is 14.2 Å². The molecular formula is C47H56N8O7. The van der Waals surface area contributed by atoms with Gasteiger partial charge < -0.3 is 45.0 Å². The average molecular weight is 845 g/mol. The molecule has 15 heteroatoms. The largest absolute Gasteiger partial charge is 0.492 e. The number of aromatic amines is 2. The van der Waals surface area contributed by atoms with Crippen LogP contribution < -0.4 is 20.7 Å². The minimum Gasteiger partial charge on any atom is -0.492 e. The molecule has 0 spiro atoms. The van der Waals surface area contributed by atoms with E-state index in [4.69, 9.17) is 24.2 Å². The van der Waals surface area contributed by atoms with Gasteiger partial charge in [-0.3, -0.25) is 9.59 Å². The second-order valence-corrected chi connectivity index (χ2v) is 17.3. The summed E-state index contributed by atoms with van der Waals surface area (Å²) in [4.78, 5) is 70.4. The molecular weight excluding hydrogens is 789 g/mol. The maximum atomic E-state index is 13.8. The molecule has 0 unspecified atom stereocenters. The van der Waals surface area contributed by atoms with Gasteiger partial charge in [-0.25, -0.2) is 19.6 Å². The summed E-state index contributed by atoms with van der Waals surface area (Å²) in [6.45, 7) is 8.66. The topological polar surface area (TPSA) is 193 Å². The van der Waals surface area contributed by atoms with Gasteiger partial charge in [0.1, 0.15) is 29.5 Å². The maximum Gasteiger partial charge on any atom is 0.407 e. The molecule has 2 aliphatic heterocycles. The number of rotatable bonds is 11. The Labute approximate surface area is 361 Å². The number of fused-ring (bicyclic) bond motifs is 4. The Balaban J connectivity index is 0.994. The molecule has 15 nitrogen and oxygen atoms in total. The normalized spacial score (nSPS) is 17.7. The summed E-state index contributed by atoms with van der Waals surface area (Å²) < 4.78 is 15.9. The average Bonchev–Trinajstić information content (AvgIpc) is 4.10. The van der Waals surface area contributed by atoms with Crippen LogP contribution in [0.3, 0.4) is 0 Å². The van der Waals surface area contributed by atoms with Crippen LogP contribution in [0.25, 0.3) is 44.5 Å². The number of hydrogen-bond donors (Lipinski definition) is 5. The van der Waals surface area contributed by atoms with Gasteiger partial charge in [0.25, 0.3) is 0 Å². The molecule has 1 aliphatic carbocycles. The van der Waals surface area contributed by atoms with Crippen molar-refractivity contribution in [1.29, 1.82) is 0 Å². The number of nitrogens with one attached hydrogen (secondary N) is 5. The molecule has 0 radical (unpaired) electrons. The Bertz CT molecular complexity index is 2470. The number of ether oxygens (including phenoxy) is 3. The van der Waals surface area contributed by atoms with E-state index in [1.807, 2.05) is 38.7 Å². The van der Waals surface area contributed by atoms with Gasteiger partial charge in [0.15, 0.2) is 0 Å². The number of hydrogen-bond acceptors (Lipinski definition) is 9. The van der Waals surface area contributed by atoms with E-state index in [0.29, 0.717) is 19.6 Å². The fourth-order valence-corrected chi connectivity index (χ4v) is 9.17. The van der Waals surface area contributed by atoms with Crippen LogP contribution in [0.4, 0.5) is 9.59 Å². The number of carbonyl (C=O) groups excluding carboxylic acids is 4. The zero-order valence-corrected chi connectivity index (χ0v) is 36.2. The Morgan fingerprint density at radius 1 is 0.790 bits per heavy atom. The number of H-pyrrole nitrogens is 2. The molecule has 2 fully saturated rings. The number of nitrogens with zero attached hydrogens (tertiary/aromatic N) is 3. The number of benzene rings is 3. The van der Waals surface area contributed by atoms with Crippen molar-refractivity contribution >= 4 is 35.0 Å². The second kappa shape index (κ2) is 17.5. The molecule has 5 aromatic rings. The maximum absolute atomic E-state index is 13.8. The third kappa shape index (κ3) is 8.32. The summed E-state index contributed by atoms with van der Waals surface area (Å²) >= 11 is 0. The third-order valence-electron chi connectivity index (χ3n) is 12.6. The molecule has 0 bridgehead atoms. The predicted octanol–water partition coefficient (Wildman–Crippen LogP) is 7.53. The summed E-state index contributed by atoms with van der Waals surface area (Å²) in [7, 11) is 2.58. The van der Waals surface area contributed by atoms with E-state index >= 15 is 0 Å². The van der Waals surface area contributed by atoms with Crippen LogP contribution in [0.5, 0.6) is 5.75 Å². The Morgan fingerprint density at radius 2 is 1.42 bits per heavy atom. The summed E-state index contributed by atoms with van der Waals surface area (Å²) in [5, 5.41) is 8.67. The molecule has 4 heterocycles. The summed E-state index contributed by atoms with van der Waals surface area (Å²) in [5.74, 6) is 1.55. The minimum atomic E-state index is -0.744. The number of alkyl carbamates (subject to hydrolysis) is 2. The monoisotopic (exact) mass is 844 g/mol. The lowest BCUT2D eigenvalue weighted by molar-refractivity contribution is -0.135. The van der Waals surface area contributed by atoms with Crippen molar-refractivity contribution in [3.05, 3.63) is 78.0 Å². The van der Waals surface area contributed by atoms with E-state index in [2.05, 4.69) is 80.5 Å². The second-order valence-electron chi connectivity index (χ2n) is 17.3. The molecule has 62 heavy (non-hydrogen) atoms. The van der Waals surface area contributed by atoms with Gasteiger partial charge in [-0.05, 0) is 84.0 Å². The molecule has 1 saturated carbocycles. The number of imidazole rings is 2. The van der Waals surface area contributed by atoms with Gasteiger partial charge in [0, 0.05) is 24.2 Å². The Kier molecular flexibility index (Phi) is 12.0. The zero-order valence-electron chi connectivity index (χ0n) is 36.2. The molecule has 1 saturated heterocycles. The molecule has 3 aliphatic rings. The first kappa shape index (κ1) is 42.3. The lowest BCUT2D eigenvalue weighted by Crippen LogP contribution is -2.55. The number of aromatic nitrogens is 4. The highest BCUT2D eigenvalue weighted by Gasteiger charge is 2.42. The Morgan fingerprint density at radius 3 is 2.08 bits per heavy atom. The third-order valence-corrected chi connectivity index (χ3v) is 12.6. The van der Waals surface area contributed by atoms with Crippen molar-refractivity contribution < 1.29 is 33.4 Å². The van der Waals surface area contributed by atoms with Crippen LogP contribution in [0, 0.1) is 11.8 Å². The van der Waals surface area contributed by atoms with Gasteiger partial charge in [-0.15, -0.1) is 0 Å². The molecule has 326 valence electrons. The van der Waals surface area contributed by atoms with E-state index in [-0.39, 0.29) is 29.7 Å². The van der Waals surface area contributed by atoms with Crippen molar-refractivity contribution in [3.63, 3.8) is 0 Å². The number of methoxy groups -OCH3 is 2. The van der Waals surface area contributed by atoms with Gasteiger partial charge in [-0.1, -0.05) is 76.9 Å². The molecule has 5 N–H and O–H groups in total. The van der Waals surface area contributed by atoms with Gasteiger partial charge in [0.05, 0.1) is 49.1 Å². The van der Waals surface area contributed by atoms with Crippen molar-refractivity contribution in [2.45, 2.75) is 96.3 Å². The first-order valence-electron chi connectivity index (χ1n) is 21.7. The number of carbonyl (C=O) groups is 4. The van der Waals surface area contributed by atoms with Crippen LogP contribution in [-0.2, 0) is 31.0 Å². The standard InChI is InChI=1S/C47H56N8O7/c1-26(2)38(52-45(58)60-5)42(56)54-47(20-7-8-21-47)44-49-33-18-16-30(24-35(33)50-44)28-11-13-29(14-12-28)31-15-17-32-37(25-31)62-23-19-34-40(32)51-41(48-34)36-10-9-22-55(36)43(57)39(27(3)4)53-46(59)61-6/h11-18,24-27,36,38-39H,7-10,19-23H2,1-6H3,(H,48,51)(H,49,50)(H,52,58)(H,53,59)(H,54,56)/t36-,38-,39-/m0/s1. The minimum absolute atomic E-state index is 0.118. The quantitative estimate of drug-likeness (QED) is 0.0894. The van der Waals surface area contributed by atoms with E-state index in [0.717, 1.165) is 106 Å². The molecule has 4 amide bonds. The highest BCUT2D eigenvalue weighted by atomic mass is 16.5. The molecule has 3 aromatic carbocycles. The number of amides is 4. The van der Waals surface area contributed by atoms with Gasteiger partial charge in [-0.2, -0.15) is 0 Å².